The summed E-state index contributed by atoms with van der Waals surface area (Å²) in [7, 11) is -2.03. The molecule has 144 valence electrons. The smallest absolute Gasteiger partial charge is 0.264 e. The molecule has 1 saturated heterocycles. The van der Waals surface area contributed by atoms with E-state index < -0.39 is 10.0 Å². The predicted octanol–water partition coefficient (Wildman–Crippen LogP) is 2.59. The first-order valence-electron chi connectivity index (χ1n) is 9.14. The summed E-state index contributed by atoms with van der Waals surface area (Å²) in [6, 6.07) is 11.1. The summed E-state index contributed by atoms with van der Waals surface area (Å²) >= 11 is 0. The average molecular weight is 388 g/mol. The maximum absolute atomic E-state index is 13.3. The van der Waals surface area contributed by atoms with Crippen LogP contribution in [0.1, 0.15) is 11.1 Å². The van der Waals surface area contributed by atoms with Gasteiger partial charge in [0.25, 0.3) is 10.0 Å². The first-order chi connectivity index (χ1) is 13.0. The fraction of sp³-hybridized carbons (Fsp3) is 0.400. The van der Waals surface area contributed by atoms with Gasteiger partial charge < -0.3 is 14.4 Å². The molecule has 0 atom stereocenters. The minimum atomic E-state index is -3.61. The lowest BCUT2D eigenvalue weighted by Gasteiger charge is -2.30. The van der Waals surface area contributed by atoms with Crippen molar-refractivity contribution in [2.24, 2.45) is 0 Å². The number of methoxy groups -OCH3 is 1. The van der Waals surface area contributed by atoms with Gasteiger partial charge in [-0.3, -0.25) is 4.31 Å². The molecule has 2 aliphatic rings. The van der Waals surface area contributed by atoms with Gasteiger partial charge in [-0.25, -0.2) is 8.42 Å². The third-order valence-electron chi connectivity index (χ3n) is 5.25. The Hall–Kier alpha value is -2.25. The zero-order valence-corrected chi connectivity index (χ0v) is 16.5. The molecule has 0 unspecified atom stereocenters. The molecule has 0 saturated carbocycles. The Bertz CT molecular complexity index is 952. The quantitative estimate of drug-likeness (QED) is 0.806. The van der Waals surface area contributed by atoms with Crippen molar-refractivity contribution < 1.29 is 17.9 Å². The van der Waals surface area contributed by atoms with Crippen LogP contribution in [0.2, 0.25) is 0 Å². The van der Waals surface area contributed by atoms with Crippen LogP contribution in [0.25, 0.3) is 0 Å². The minimum absolute atomic E-state index is 0.297. The lowest BCUT2D eigenvalue weighted by Crippen LogP contribution is -2.36. The van der Waals surface area contributed by atoms with Crippen LogP contribution >= 0.6 is 0 Å². The van der Waals surface area contributed by atoms with Crippen LogP contribution in [0.5, 0.6) is 5.75 Å². The van der Waals surface area contributed by atoms with Crippen LogP contribution in [0, 0.1) is 6.92 Å². The van der Waals surface area contributed by atoms with Gasteiger partial charge in [0, 0.05) is 25.3 Å². The standard InChI is InChI=1S/C20H24N2O4S/c1-15-13-18(5-6-20(15)25-2)27(23,24)22-8-7-16-3-4-17(14-19(16)22)21-9-11-26-12-10-21/h3-6,13-14H,7-12H2,1-2H3. The molecule has 0 N–H and O–H groups in total. The summed E-state index contributed by atoms with van der Waals surface area (Å²) in [5.41, 5.74) is 3.71. The van der Waals surface area contributed by atoms with E-state index in [2.05, 4.69) is 17.0 Å². The number of nitrogens with zero attached hydrogens (tertiary/aromatic N) is 2. The molecule has 1 fully saturated rings. The van der Waals surface area contributed by atoms with Crippen LogP contribution in [-0.4, -0.2) is 48.4 Å². The fourth-order valence-electron chi connectivity index (χ4n) is 3.74. The van der Waals surface area contributed by atoms with Gasteiger partial charge in [0.1, 0.15) is 5.75 Å². The van der Waals surface area contributed by atoms with Crippen LogP contribution in [0.4, 0.5) is 11.4 Å². The minimum Gasteiger partial charge on any atom is -0.496 e. The zero-order valence-electron chi connectivity index (χ0n) is 15.6. The molecule has 0 bridgehead atoms. The summed E-state index contributed by atoms with van der Waals surface area (Å²) < 4.78 is 38.8. The summed E-state index contributed by atoms with van der Waals surface area (Å²) in [5, 5.41) is 0. The second-order valence-corrected chi connectivity index (χ2v) is 8.73. The lowest BCUT2D eigenvalue weighted by atomic mass is 10.1. The van der Waals surface area contributed by atoms with Crippen molar-refractivity contribution in [1.29, 1.82) is 0 Å². The van der Waals surface area contributed by atoms with Crippen molar-refractivity contribution in [3.05, 3.63) is 47.5 Å². The third-order valence-corrected chi connectivity index (χ3v) is 7.06. The Balaban J connectivity index is 1.69. The van der Waals surface area contributed by atoms with E-state index in [0.717, 1.165) is 42.0 Å². The highest BCUT2D eigenvalue weighted by Gasteiger charge is 2.32. The summed E-state index contributed by atoms with van der Waals surface area (Å²) in [4.78, 5) is 2.54. The van der Waals surface area contributed by atoms with Crippen molar-refractivity contribution in [2.75, 3.05) is 49.2 Å². The molecule has 2 aromatic carbocycles. The molecule has 2 aliphatic heterocycles. The van der Waals surface area contributed by atoms with Gasteiger partial charge in [-0.15, -0.1) is 0 Å². The average Bonchev–Trinajstić information content (AvgIpc) is 3.12. The number of aryl methyl sites for hydroxylation is 1. The molecule has 0 radical (unpaired) electrons. The number of hydrogen-bond donors (Lipinski definition) is 0. The topological polar surface area (TPSA) is 59.1 Å². The van der Waals surface area contributed by atoms with Crippen molar-refractivity contribution in [1.82, 2.24) is 0 Å². The Kier molecular flexibility index (Phi) is 4.74. The Morgan fingerprint density at radius 3 is 2.52 bits per heavy atom. The Morgan fingerprint density at radius 1 is 1.04 bits per heavy atom. The molecule has 27 heavy (non-hydrogen) atoms. The van der Waals surface area contributed by atoms with Gasteiger partial charge in [0.15, 0.2) is 0 Å². The van der Waals surface area contributed by atoms with Crippen molar-refractivity contribution in [2.45, 2.75) is 18.2 Å². The first-order valence-corrected chi connectivity index (χ1v) is 10.6. The summed E-state index contributed by atoms with van der Waals surface area (Å²) in [6.07, 6.45) is 0.729. The van der Waals surface area contributed by atoms with Crippen molar-refractivity contribution in [3.8, 4) is 5.75 Å². The number of fused-ring (bicyclic) bond motifs is 1. The maximum atomic E-state index is 13.3. The molecule has 0 aromatic heterocycles. The van der Waals surface area contributed by atoms with Gasteiger partial charge in [0.05, 0.1) is 30.9 Å². The monoisotopic (exact) mass is 388 g/mol. The van der Waals surface area contributed by atoms with E-state index in [1.165, 1.54) is 4.31 Å². The number of ether oxygens (including phenoxy) is 2. The van der Waals surface area contributed by atoms with Gasteiger partial charge in [-0.1, -0.05) is 6.07 Å². The largest absolute Gasteiger partial charge is 0.496 e. The van der Waals surface area contributed by atoms with E-state index in [9.17, 15) is 8.42 Å². The molecule has 2 heterocycles. The van der Waals surface area contributed by atoms with E-state index in [-0.39, 0.29) is 0 Å². The van der Waals surface area contributed by atoms with Crippen LogP contribution in [-0.2, 0) is 21.2 Å². The molecule has 2 aromatic rings. The van der Waals surface area contributed by atoms with Gasteiger partial charge in [-0.05, 0) is 54.8 Å². The number of benzene rings is 2. The fourth-order valence-corrected chi connectivity index (χ4v) is 5.33. The number of morpholine rings is 1. The van der Waals surface area contributed by atoms with E-state index in [1.54, 1.807) is 25.3 Å². The van der Waals surface area contributed by atoms with Crippen LogP contribution in [0.3, 0.4) is 0 Å². The van der Waals surface area contributed by atoms with E-state index in [0.29, 0.717) is 30.4 Å². The molecule has 0 aliphatic carbocycles. The van der Waals surface area contributed by atoms with Crippen molar-refractivity contribution in [3.63, 3.8) is 0 Å². The third kappa shape index (κ3) is 3.26. The second-order valence-electron chi connectivity index (χ2n) is 6.87. The zero-order chi connectivity index (χ0) is 19.0. The highest BCUT2D eigenvalue weighted by atomic mass is 32.2. The molecule has 4 rings (SSSR count). The molecular formula is C20H24N2O4S. The maximum Gasteiger partial charge on any atom is 0.264 e. The van der Waals surface area contributed by atoms with Crippen LogP contribution in [0.15, 0.2) is 41.3 Å². The van der Waals surface area contributed by atoms with Gasteiger partial charge in [-0.2, -0.15) is 0 Å². The SMILES string of the molecule is COc1ccc(S(=O)(=O)N2CCc3ccc(N4CCOCC4)cc32)cc1C. The van der Waals surface area contributed by atoms with Gasteiger partial charge >= 0.3 is 0 Å². The normalized spacial score (nSPS) is 17.1. The van der Waals surface area contributed by atoms with E-state index >= 15 is 0 Å². The Morgan fingerprint density at radius 2 is 1.81 bits per heavy atom. The summed E-state index contributed by atoms with van der Waals surface area (Å²) in [5.74, 6) is 0.686. The van der Waals surface area contributed by atoms with Gasteiger partial charge in [0.2, 0.25) is 0 Å². The Labute approximate surface area is 160 Å². The molecule has 7 heteroatoms. The van der Waals surface area contributed by atoms with E-state index in [4.69, 9.17) is 9.47 Å². The molecule has 0 spiro atoms. The molecule has 0 amide bonds. The number of rotatable bonds is 4. The van der Waals surface area contributed by atoms with Crippen LogP contribution < -0.4 is 13.9 Å². The summed E-state index contributed by atoms with van der Waals surface area (Å²) in [6.45, 7) is 5.36. The predicted molar refractivity (Wildman–Crippen MR) is 105 cm³/mol. The number of anilines is 2. The second kappa shape index (κ2) is 7.05. The highest BCUT2D eigenvalue weighted by Crippen LogP contribution is 2.36. The lowest BCUT2D eigenvalue weighted by molar-refractivity contribution is 0.122. The number of hydrogen-bond acceptors (Lipinski definition) is 5. The van der Waals surface area contributed by atoms with Crippen molar-refractivity contribution >= 4 is 21.4 Å². The number of sulfonamides is 1. The molecule has 6 nitrogen and oxygen atoms in total. The molecular weight excluding hydrogens is 364 g/mol. The highest BCUT2D eigenvalue weighted by molar-refractivity contribution is 7.92. The first kappa shape index (κ1) is 18.1. The van der Waals surface area contributed by atoms with E-state index in [1.807, 2.05) is 13.0 Å².